The second-order valence-corrected chi connectivity index (χ2v) is 10.1. The molecular weight excluding hydrogens is 394 g/mol. The monoisotopic (exact) mass is 453 g/mol. The van der Waals surface area contributed by atoms with Crippen molar-refractivity contribution in [3.8, 4) is 0 Å². The van der Waals surface area contributed by atoms with Gasteiger partial charge in [0.25, 0.3) is 0 Å². The molecule has 0 aromatic rings. The quantitative estimate of drug-likeness (QED) is 0.128. The average Bonchev–Trinajstić information content (AvgIpc) is 2.79. The second-order valence-electron chi connectivity index (χ2n) is 10.1. The number of aliphatic hydroxyl groups excluding tert-OH is 1. The van der Waals surface area contributed by atoms with Crippen LogP contribution in [-0.4, -0.2) is 23.7 Å². The summed E-state index contributed by atoms with van der Waals surface area (Å²) in [6.45, 7) is 4.96. The molecule has 3 heteroatoms. The molecule has 0 fully saturated rings. The van der Waals surface area contributed by atoms with Crippen LogP contribution < -0.4 is 5.32 Å². The standard InChI is InChI=1S/C29H59NO2/c1-3-5-7-9-11-13-14-15-16-18-19-21-23-25-28(31)27-30-29(32)26-24-22-20-17-12-10-8-6-4-2/h28,31H,3-27H2,1-2H3,(H,30,32). The fourth-order valence-corrected chi connectivity index (χ4v) is 4.42. The lowest BCUT2D eigenvalue weighted by Gasteiger charge is -2.12. The first-order valence-electron chi connectivity index (χ1n) is 14.7. The van der Waals surface area contributed by atoms with Crippen LogP contribution in [0.2, 0.25) is 0 Å². The number of carbonyl (C=O) groups is 1. The van der Waals surface area contributed by atoms with Gasteiger partial charge >= 0.3 is 0 Å². The molecule has 1 atom stereocenters. The Morgan fingerprint density at radius 2 is 0.906 bits per heavy atom. The zero-order chi connectivity index (χ0) is 23.5. The first-order chi connectivity index (χ1) is 15.7. The van der Waals surface area contributed by atoms with E-state index in [4.69, 9.17) is 0 Å². The molecule has 0 heterocycles. The van der Waals surface area contributed by atoms with E-state index >= 15 is 0 Å². The van der Waals surface area contributed by atoms with Gasteiger partial charge in [0.05, 0.1) is 6.10 Å². The van der Waals surface area contributed by atoms with Crippen molar-refractivity contribution in [2.24, 2.45) is 0 Å². The molecule has 1 unspecified atom stereocenters. The summed E-state index contributed by atoms with van der Waals surface area (Å²) in [4.78, 5) is 11.9. The third kappa shape index (κ3) is 25.7. The fourth-order valence-electron chi connectivity index (χ4n) is 4.42. The highest BCUT2D eigenvalue weighted by Gasteiger charge is 2.07. The lowest BCUT2D eigenvalue weighted by molar-refractivity contribution is -0.121. The zero-order valence-electron chi connectivity index (χ0n) is 22.1. The highest BCUT2D eigenvalue weighted by atomic mass is 16.3. The minimum Gasteiger partial charge on any atom is -0.391 e. The predicted molar refractivity (Wildman–Crippen MR) is 141 cm³/mol. The van der Waals surface area contributed by atoms with Gasteiger partial charge in [0.2, 0.25) is 5.91 Å². The molecule has 0 bridgehead atoms. The molecule has 0 aliphatic carbocycles. The minimum absolute atomic E-state index is 0.109. The molecule has 32 heavy (non-hydrogen) atoms. The summed E-state index contributed by atoms with van der Waals surface area (Å²) < 4.78 is 0. The largest absolute Gasteiger partial charge is 0.391 e. The van der Waals surface area contributed by atoms with E-state index in [0.29, 0.717) is 13.0 Å². The molecule has 1 amide bonds. The Balaban J connectivity index is 3.28. The van der Waals surface area contributed by atoms with Gasteiger partial charge in [-0.1, -0.05) is 149 Å². The number of rotatable bonds is 26. The Labute approximate surface area is 201 Å². The van der Waals surface area contributed by atoms with Crippen LogP contribution in [0.4, 0.5) is 0 Å². The Morgan fingerprint density at radius 1 is 0.562 bits per heavy atom. The first kappa shape index (κ1) is 31.4. The zero-order valence-corrected chi connectivity index (χ0v) is 22.1. The summed E-state index contributed by atoms with van der Waals surface area (Å²) in [5, 5.41) is 13.0. The van der Waals surface area contributed by atoms with Crippen LogP contribution in [0.25, 0.3) is 0 Å². The molecule has 192 valence electrons. The second kappa shape index (κ2) is 26.7. The van der Waals surface area contributed by atoms with Crippen molar-refractivity contribution in [2.75, 3.05) is 6.54 Å². The Bertz CT molecular complexity index is 372. The summed E-state index contributed by atoms with van der Waals surface area (Å²) >= 11 is 0. The van der Waals surface area contributed by atoms with Crippen LogP contribution in [0.5, 0.6) is 0 Å². The molecular formula is C29H59NO2. The maximum atomic E-state index is 11.9. The lowest BCUT2D eigenvalue weighted by Crippen LogP contribution is -2.31. The van der Waals surface area contributed by atoms with Crippen molar-refractivity contribution in [3.63, 3.8) is 0 Å². The van der Waals surface area contributed by atoms with E-state index in [1.807, 2.05) is 0 Å². The van der Waals surface area contributed by atoms with Crippen LogP contribution in [0, 0.1) is 0 Å². The van der Waals surface area contributed by atoms with Gasteiger partial charge in [0.1, 0.15) is 0 Å². The molecule has 0 radical (unpaired) electrons. The summed E-state index contributed by atoms with van der Waals surface area (Å²) in [5.41, 5.74) is 0. The Morgan fingerprint density at radius 3 is 1.31 bits per heavy atom. The van der Waals surface area contributed by atoms with Crippen molar-refractivity contribution in [1.29, 1.82) is 0 Å². The highest BCUT2D eigenvalue weighted by Crippen LogP contribution is 2.14. The average molecular weight is 454 g/mol. The normalized spacial score (nSPS) is 12.2. The fraction of sp³-hybridized carbons (Fsp3) is 0.966. The van der Waals surface area contributed by atoms with Crippen molar-refractivity contribution in [2.45, 2.75) is 174 Å². The van der Waals surface area contributed by atoms with Crippen molar-refractivity contribution < 1.29 is 9.90 Å². The Hall–Kier alpha value is -0.570. The van der Waals surface area contributed by atoms with Crippen LogP contribution >= 0.6 is 0 Å². The van der Waals surface area contributed by atoms with Gasteiger partial charge in [0, 0.05) is 13.0 Å². The molecule has 2 N–H and O–H groups in total. The number of amides is 1. The van der Waals surface area contributed by atoms with Crippen LogP contribution in [-0.2, 0) is 4.79 Å². The van der Waals surface area contributed by atoms with Gasteiger partial charge in [0.15, 0.2) is 0 Å². The SMILES string of the molecule is CCCCCCCCCCCCCCCC(O)CNC(=O)CCCCCCCCCCC. The summed E-state index contributed by atoms with van der Waals surface area (Å²) in [7, 11) is 0. The molecule has 0 spiro atoms. The third-order valence-electron chi connectivity index (χ3n) is 6.68. The number of unbranched alkanes of at least 4 members (excludes halogenated alkanes) is 20. The van der Waals surface area contributed by atoms with Crippen molar-refractivity contribution in [1.82, 2.24) is 5.32 Å². The molecule has 0 aliphatic heterocycles. The number of carbonyl (C=O) groups excluding carboxylic acids is 1. The molecule has 0 aromatic heterocycles. The van der Waals surface area contributed by atoms with E-state index in [0.717, 1.165) is 25.7 Å². The summed E-state index contributed by atoms with van der Waals surface area (Å²) in [6, 6.07) is 0. The molecule has 3 nitrogen and oxygen atoms in total. The topological polar surface area (TPSA) is 49.3 Å². The Kier molecular flexibility index (Phi) is 26.2. The molecule has 0 aromatic carbocycles. The van der Waals surface area contributed by atoms with Crippen LogP contribution in [0.1, 0.15) is 168 Å². The van der Waals surface area contributed by atoms with Gasteiger partial charge in [-0.3, -0.25) is 4.79 Å². The van der Waals surface area contributed by atoms with Gasteiger partial charge in [-0.25, -0.2) is 0 Å². The number of hydrogen-bond acceptors (Lipinski definition) is 2. The number of nitrogens with one attached hydrogen (secondary N) is 1. The molecule has 0 saturated carbocycles. The van der Waals surface area contributed by atoms with E-state index in [1.165, 1.54) is 122 Å². The summed E-state index contributed by atoms with van der Waals surface area (Å²) in [6.07, 6.45) is 30.0. The highest BCUT2D eigenvalue weighted by molar-refractivity contribution is 5.75. The van der Waals surface area contributed by atoms with E-state index < -0.39 is 0 Å². The smallest absolute Gasteiger partial charge is 0.220 e. The van der Waals surface area contributed by atoms with Gasteiger partial charge in [-0.2, -0.15) is 0 Å². The van der Waals surface area contributed by atoms with Crippen LogP contribution in [0.3, 0.4) is 0 Å². The van der Waals surface area contributed by atoms with Crippen molar-refractivity contribution >= 4 is 5.91 Å². The number of aliphatic hydroxyl groups is 1. The van der Waals surface area contributed by atoms with E-state index in [2.05, 4.69) is 19.2 Å². The van der Waals surface area contributed by atoms with Gasteiger partial charge in [-0.15, -0.1) is 0 Å². The predicted octanol–water partition coefficient (Wildman–Crippen LogP) is 8.87. The third-order valence-corrected chi connectivity index (χ3v) is 6.68. The maximum Gasteiger partial charge on any atom is 0.220 e. The van der Waals surface area contributed by atoms with Crippen LogP contribution in [0.15, 0.2) is 0 Å². The molecule has 0 saturated heterocycles. The maximum absolute atomic E-state index is 11.9. The number of hydrogen-bond donors (Lipinski definition) is 2. The minimum atomic E-state index is -0.380. The van der Waals surface area contributed by atoms with Gasteiger partial charge < -0.3 is 10.4 Å². The van der Waals surface area contributed by atoms with Gasteiger partial charge in [-0.05, 0) is 12.8 Å². The van der Waals surface area contributed by atoms with E-state index in [9.17, 15) is 9.90 Å². The first-order valence-corrected chi connectivity index (χ1v) is 14.7. The summed E-state index contributed by atoms with van der Waals surface area (Å²) in [5.74, 6) is 0.109. The molecule has 0 rings (SSSR count). The molecule has 0 aliphatic rings. The lowest BCUT2D eigenvalue weighted by atomic mass is 10.0. The van der Waals surface area contributed by atoms with Crippen molar-refractivity contribution in [3.05, 3.63) is 0 Å². The van der Waals surface area contributed by atoms with E-state index in [1.54, 1.807) is 0 Å². The van der Waals surface area contributed by atoms with E-state index in [-0.39, 0.29) is 12.0 Å².